The molecular weight excluding hydrogens is 426 g/mol. The topological polar surface area (TPSA) is 60.0 Å². The van der Waals surface area contributed by atoms with Gasteiger partial charge in [0.15, 0.2) is 0 Å². The second-order valence-electron chi connectivity index (χ2n) is 9.48. The van der Waals surface area contributed by atoms with Gasteiger partial charge in [0.2, 0.25) is 0 Å². The van der Waals surface area contributed by atoms with Gasteiger partial charge < -0.3 is 9.80 Å². The Kier molecular flexibility index (Phi) is 7.32. The molecule has 2 fully saturated rings. The predicted octanol–water partition coefficient (Wildman–Crippen LogP) is 3.52. The minimum atomic E-state index is -0.685. The van der Waals surface area contributed by atoms with E-state index in [1.807, 2.05) is 26.2 Å². The van der Waals surface area contributed by atoms with E-state index in [0.29, 0.717) is 19.4 Å². The summed E-state index contributed by atoms with van der Waals surface area (Å²) < 4.78 is 0. The van der Waals surface area contributed by atoms with Crippen molar-refractivity contribution < 1.29 is 9.59 Å². The average molecular weight is 462 g/mol. The molecule has 0 saturated carbocycles. The van der Waals surface area contributed by atoms with Gasteiger partial charge in [0.05, 0.1) is 0 Å². The molecule has 3 heterocycles. The van der Waals surface area contributed by atoms with E-state index in [-0.39, 0.29) is 11.9 Å². The number of carbonyl (C=O) groups is 2. The van der Waals surface area contributed by atoms with Gasteiger partial charge in [0.25, 0.3) is 5.91 Å². The number of likely N-dealkylation sites (tertiary alicyclic amines) is 1. The van der Waals surface area contributed by atoms with E-state index >= 15 is 0 Å². The highest BCUT2D eigenvalue weighted by Crippen LogP contribution is 2.36. The van der Waals surface area contributed by atoms with Gasteiger partial charge in [-0.05, 0) is 61.1 Å². The van der Waals surface area contributed by atoms with Crippen molar-refractivity contribution in [3.8, 4) is 0 Å². The molecule has 34 heavy (non-hydrogen) atoms. The first-order chi connectivity index (χ1) is 16.4. The lowest BCUT2D eigenvalue weighted by atomic mass is 9.86. The number of aryl methyl sites for hydroxylation is 1. The number of piperidine rings is 1. The largest absolute Gasteiger partial charge is 0.378 e. The summed E-state index contributed by atoms with van der Waals surface area (Å²) >= 11 is 0. The Hall–Kier alpha value is -3.19. The van der Waals surface area contributed by atoms with Crippen molar-refractivity contribution in [1.82, 2.24) is 19.7 Å². The molecule has 2 aliphatic rings. The maximum absolute atomic E-state index is 13.3. The van der Waals surface area contributed by atoms with Crippen LogP contribution in [-0.4, -0.2) is 84.5 Å². The van der Waals surface area contributed by atoms with Gasteiger partial charge in [0.1, 0.15) is 5.54 Å². The molecule has 0 radical (unpaired) electrons. The fraction of sp³-hybridized carbons (Fsp3) is 0.444. The Morgan fingerprint density at radius 1 is 1.03 bits per heavy atom. The van der Waals surface area contributed by atoms with Crippen LogP contribution >= 0.6 is 0 Å². The summed E-state index contributed by atoms with van der Waals surface area (Å²) in [6.07, 6.45) is 10.8. The number of carbonyl (C=O) groups excluding carboxylic acids is 2. The first-order valence-corrected chi connectivity index (χ1v) is 12.1. The number of rotatable bonds is 8. The van der Waals surface area contributed by atoms with Crippen molar-refractivity contribution >= 4 is 23.7 Å². The van der Waals surface area contributed by atoms with Crippen LogP contribution in [0.4, 0.5) is 10.5 Å². The molecule has 1 spiro atoms. The first-order valence-electron chi connectivity index (χ1n) is 12.1. The molecule has 0 N–H and O–H groups in total. The maximum atomic E-state index is 13.3. The van der Waals surface area contributed by atoms with E-state index in [4.69, 9.17) is 0 Å². The minimum Gasteiger partial charge on any atom is -0.378 e. The summed E-state index contributed by atoms with van der Waals surface area (Å²) in [5, 5.41) is 0. The first kappa shape index (κ1) is 24.0. The number of benzene rings is 1. The summed E-state index contributed by atoms with van der Waals surface area (Å²) in [6.45, 7) is 2.91. The summed E-state index contributed by atoms with van der Waals surface area (Å²) in [7, 11) is 5.86. The Morgan fingerprint density at radius 2 is 1.71 bits per heavy atom. The monoisotopic (exact) mass is 461 g/mol. The summed E-state index contributed by atoms with van der Waals surface area (Å²) in [4.78, 5) is 37.9. The van der Waals surface area contributed by atoms with E-state index in [1.165, 1.54) is 21.7 Å². The number of imide groups is 1. The third kappa shape index (κ3) is 4.99. The summed E-state index contributed by atoms with van der Waals surface area (Å²) in [6, 6.07) is 12.3. The van der Waals surface area contributed by atoms with Gasteiger partial charge >= 0.3 is 6.03 Å². The maximum Gasteiger partial charge on any atom is 0.327 e. The molecule has 180 valence electrons. The van der Waals surface area contributed by atoms with Gasteiger partial charge in [-0.3, -0.25) is 19.6 Å². The smallest absolute Gasteiger partial charge is 0.327 e. The number of urea groups is 1. The highest BCUT2D eigenvalue weighted by Gasteiger charge is 2.56. The fourth-order valence-corrected chi connectivity index (χ4v) is 4.91. The molecule has 4 rings (SSSR count). The molecule has 7 nitrogen and oxygen atoms in total. The van der Waals surface area contributed by atoms with Gasteiger partial charge in [0, 0.05) is 65.4 Å². The van der Waals surface area contributed by atoms with Crippen molar-refractivity contribution in [2.45, 2.75) is 31.2 Å². The van der Waals surface area contributed by atoms with Crippen molar-refractivity contribution in [1.29, 1.82) is 0 Å². The van der Waals surface area contributed by atoms with Crippen LogP contribution in [0.25, 0.3) is 6.08 Å². The van der Waals surface area contributed by atoms with E-state index < -0.39 is 5.54 Å². The molecule has 7 heteroatoms. The predicted molar refractivity (Wildman–Crippen MR) is 136 cm³/mol. The third-order valence-electron chi connectivity index (χ3n) is 7.17. The Labute approximate surface area is 202 Å². The minimum absolute atomic E-state index is 0.0223. The highest BCUT2D eigenvalue weighted by molar-refractivity contribution is 6.07. The lowest BCUT2D eigenvalue weighted by Gasteiger charge is -2.40. The van der Waals surface area contributed by atoms with Crippen LogP contribution in [0, 0.1) is 0 Å². The van der Waals surface area contributed by atoms with Gasteiger partial charge in [-0.15, -0.1) is 0 Å². The van der Waals surface area contributed by atoms with E-state index in [2.05, 4.69) is 51.2 Å². The van der Waals surface area contributed by atoms with Crippen LogP contribution in [0.5, 0.6) is 0 Å². The van der Waals surface area contributed by atoms with Gasteiger partial charge in [-0.25, -0.2) is 4.79 Å². The molecule has 1 aromatic carbocycles. The zero-order chi connectivity index (χ0) is 24.1. The molecule has 0 unspecified atom stereocenters. The SMILES string of the molecule is CN(C)c1ccc(/C=C/CN2CCC3(CC2)C(=O)N(CCCc2ccncc2)C(=O)N3C)cc1. The number of anilines is 1. The van der Waals surface area contributed by atoms with E-state index in [1.54, 1.807) is 24.3 Å². The van der Waals surface area contributed by atoms with Crippen LogP contribution in [0.15, 0.2) is 54.9 Å². The standard InChI is InChI=1S/C27H35N5O2/c1-29(2)24-10-8-22(9-11-24)6-4-18-31-20-14-27(15-21-31)25(33)32(26(34)30(27)3)19-5-7-23-12-16-28-17-13-23/h4,6,8-13,16-17H,5,7,14-15,18-21H2,1-3H3/b6-4+. The van der Waals surface area contributed by atoms with Crippen molar-refractivity contribution in [2.24, 2.45) is 0 Å². The summed E-state index contributed by atoms with van der Waals surface area (Å²) in [5.74, 6) is -0.0223. The average Bonchev–Trinajstić information content (AvgIpc) is 3.02. The molecule has 2 aromatic rings. The number of aromatic nitrogens is 1. The molecule has 0 atom stereocenters. The molecular formula is C27H35N5O2. The number of hydrogen-bond acceptors (Lipinski definition) is 5. The third-order valence-corrected chi connectivity index (χ3v) is 7.17. The number of nitrogens with zero attached hydrogens (tertiary/aromatic N) is 5. The second-order valence-corrected chi connectivity index (χ2v) is 9.48. The van der Waals surface area contributed by atoms with Crippen molar-refractivity contribution in [3.05, 3.63) is 66.0 Å². The lowest BCUT2D eigenvalue weighted by molar-refractivity contribution is -0.135. The van der Waals surface area contributed by atoms with Crippen LogP contribution in [0.1, 0.15) is 30.4 Å². The van der Waals surface area contributed by atoms with Crippen LogP contribution < -0.4 is 4.90 Å². The van der Waals surface area contributed by atoms with Crippen LogP contribution in [-0.2, 0) is 11.2 Å². The number of amides is 3. The summed E-state index contributed by atoms with van der Waals surface area (Å²) in [5.41, 5.74) is 2.85. The number of pyridine rings is 1. The van der Waals surface area contributed by atoms with E-state index in [0.717, 1.165) is 32.5 Å². The zero-order valence-corrected chi connectivity index (χ0v) is 20.5. The second kappa shape index (κ2) is 10.4. The molecule has 2 saturated heterocycles. The van der Waals surface area contributed by atoms with Crippen molar-refractivity contribution in [2.75, 3.05) is 52.2 Å². The van der Waals surface area contributed by atoms with Crippen molar-refractivity contribution in [3.63, 3.8) is 0 Å². The molecule has 0 bridgehead atoms. The van der Waals surface area contributed by atoms with Crippen LogP contribution in [0.3, 0.4) is 0 Å². The quantitative estimate of drug-likeness (QED) is 0.563. The number of hydrogen-bond donors (Lipinski definition) is 0. The normalized spacial score (nSPS) is 18.4. The molecule has 3 amide bonds. The Morgan fingerprint density at radius 3 is 2.35 bits per heavy atom. The molecule has 1 aromatic heterocycles. The lowest BCUT2D eigenvalue weighted by Crippen LogP contribution is -2.55. The van der Waals surface area contributed by atoms with Gasteiger partial charge in [-0.1, -0.05) is 24.3 Å². The Bertz CT molecular complexity index is 1010. The zero-order valence-electron chi connectivity index (χ0n) is 20.5. The molecule has 0 aliphatic carbocycles. The van der Waals surface area contributed by atoms with E-state index in [9.17, 15) is 9.59 Å². The molecule has 2 aliphatic heterocycles. The van der Waals surface area contributed by atoms with Gasteiger partial charge in [-0.2, -0.15) is 0 Å². The van der Waals surface area contributed by atoms with Crippen LogP contribution in [0.2, 0.25) is 0 Å². The number of likely N-dealkylation sites (N-methyl/N-ethyl adjacent to an activating group) is 1. The Balaban J connectivity index is 1.29. The fourth-order valence-electron chi connectivity index (χ4n) is 4.91. The highest BCUT2D eigenvalue weighted by atomic mass is 16.2.